The van der Waals surface area contributed by atoms with Crippen LogP contribution in [0.2, 0.25) is 0 Å². The second kappa shape index (κ2) is 6.76. The molecule has 0 saturated heterocycles. The number of carbonyl (C=O) groups is 1. The summed E-state index contributed by atoms with van der Waals surface area (Å²) in [5.74, 6) is 1.32. The molecule has 0 aliphatic carbocycles. The minimum absolute atomic E-state index is 0.113. The van der Waals surface area contributed by atoms with Crippen LogP contribution in [0.5, 0.6) is 11.5 Å². The number of benzene rings is 1. The van der Waals surface area contributed by atoms with E-state index in [1.807, 2.05) is 45.2 Å². The van der Waals surface area contributed by atoms with E-state index in [0.717, 1.165) is 27.2 Å². The zero-order valence-corrected chi connectivity index (χ0v) is 15.7. The van der Waals surface area contributed by atoms with Gasteiger partial charge in [-0.3, -0.25) is 9.48 Å². The minimum Gasteiger partial charge on any atom is -0.497 e. The normalized spacial score (nSPS) is 12.2. The molecule has 2 heterocycles. The van der Waals surface area contributed by atoms with Crippen LogP contribution in [-0.4, -0.2) is 29.9 Å². The first kappa shape index (κ1) is 17.3. The van der Waals surface area contributed by atoms with Crippen LogP contribution in [-0.2, 0) is 7.05 Å². The first-order valence-corrected chi connectivity index (χ1v) is 8.72. The molecule has 1 atom stereocenters. The number of carbonyl (C=O) groups excluding carboxylic acids is 1. The molecule has 0 radical (unpaired) electrons. The SMILES string of the molecule is COc1ccc(OC)c([C@H](C)NC(=O)c2cc3c(C)nn(C)c3s2)c1. The standard InChI is InChI=1S/C18H21N3O3S/c1-10(13-8-12(23-4)6-7-15(13)24-5)19-17(22)16-9-14-11(2)20-21(3)18(14)25-16/h6-10H,1-5H3,(H,19,22)/t10-/m0/s1. The number of hydrogen-bond donors (Lipinski definition) is 1. The molecule has 0 aliphatic heterocycles. The predicted octanol–water partition coefficient (Wildman–Crippen LogP) is 3.45. The fourth-order valence-electron chi connectivity index (χ4n) is 2.84. The Morgan fingerprint density at radius 1 is 1.28 bits per heavy atom. The number of amides is 1. The number of rotatable bonds is 5. The number of nitrogens with zero attached hydrogens (tertiary/aromatic N) is 2. The predicted molar refractivity (Wildman–Crippen MR) is 98.8 cm³/mol. The number of aromatic nitrogens is 2. The zero-order chi connectivity index (χ0) is 18.1. The summed E-state index contributed by atoms with van der Waals surface area (Å²) >= 11 is 1.44. The quantitative estimate of drug-likeness (QED) is 0.758. The van der Waals surface area contributed by atoms with Crippen LogP contribution in [0.4, 0.5) is 0 Å². The van der Waals surface area contributed by atoms with Gasteiger partial charge in [0.2, 0.25) is 0 Å². The smallest absolute Gasteiger partial charge is 0.261 e. The Balaban J connectivity index is 1.85. The van der Waals surface area contributed by atoms with Crippen molar-refractivity contribution in [1.29, 1.82) is 0 Å². The van der Waals surface area contributed by atoms with Crippen molar-refractivity contribution in [3.8, 4) is 11.5 Å². The van der Waals surface area contributed by atoms with Crippen LogP contribution < -0.4 is 14.8 Å². The van der Waals surface area contributed by atoms with Crippen molar-refractivity contribution >= 4 is 27.5 Å². The number of ether oxygens (including phenoxy) is 2. The van der Waals surface area contributed by atoms with Gasteiger partial charge in [0.05, 0.1) is 30.8 Å². The van der Waals surface area contributed by atoms with Crippen LogP contribution in [0.25, 0.3) is 10.2 Å². The maximum absolute atomic E-state index is 12.7. The third kappa shape index (κ3) is 3.19. The molecular formula is C18H21N3O3S. The summed E-state index contributed by atoms with van der Waals surface area (Å²) in [5, 5.41) is 8.42. The van der Waals surface area contributed by atoms with Gasteiger partial charge >= 0.3 is 0 Å². The number of fused-ring (bicyclic) bond motifs is 1. The van der Waals surface area contributed by atoms with Crippen molar-refractivity contribution in [1.82, 2.24) is 15.1 Å². The van der Waals surface area contributed by atoms with Gasteiger partial charge in [0.25, 0.3) is 5.91 Å². The Kier molecular flexibility index (Phi) is 4.67. The Hall–Kier alpha value is -2.54. The maximum Gasteiger partial charge on any atom is 0.261 e. The highest BCUT2D eigenvalue weighted by atomic mass is 32.1. The number of methoxy groups -OCH3 is 2. The lowest BCUT2D eigenvalue weighted by Crippen LogP contribution is -2.26. The van der Waals surface area contributed by atoms with Crippen molar-refractivity contribution in [3.63, 3.8) is 0 Å². The fourth-order valence-corrected chi connectivity index (χ4v) is 3.87. The molecule has 1 aromatic carbocycles. The third-order valence-electron chi connectivity index (χ3n) is 4.17. The molecule has 7 heteroatoms. The van der Waals surface area contributed by atoms with E-state index in [-0.39, 0.29) is 11.9 Å². The summed E-state index contributed by atoms with van der Waals surface area (Å²) in [6, 6.07) is 7.22. The Labute approximate surface area is 150 Å². The van der Waals surface area contributed by atoms with Gasteiger partial charge in [-0.2, -0.15) is 5.10 Å². The monoisotopic (exact) mass is 359 g/mol. The maximum atomic E-state index is 12.7. The van der Waals surface area contributed by atoms with Crippen LogP contribution in [0.3, 0.4) is 0 Å². The summed E-state index contributed by atoms with van der Waals surface area (Å²) in [4.78, 5) is 14.3. The highest BCUT2D eigenvalue weighted by Gasteiger charge is 2.19. The Morgan fingerprint density at radius 3 is 2.68 bits per heavy atom. The topological polar surface area (TPSA) is 65.4 Å². The van der Waals surface area contributed by atoms with E-state index in [4.69, 9.17) is 9.47 Å². The van der Waals surface area contributed by atoms with Gasteiger partial charge < -0.3 is 14.8 Å². The van der Waals surface area contributed by atoms with Gasteiger partial charge in [0, 0.05) is 18.0 Å². The summed E-state index contributed by atoms with van der Waals surface area (Å²) in [6.45, 7) is 3.87. The van der Waals surface area contributed by atoms with E-state index < -0.39 is 0 Å². The Morgan fingerprint density at radius 2 is 2.04 bits per heavy atom. The molecule has 2 aromatic heterocycles. The molecule has 25 heavy (non-hydrogen) atoms. The second-order valence-electron chi connectivity index (χ2n) is 5.84. The van der Waals surface area contributed by atoms with Crippen LogP contribution in [0.1, 0.15) is 33.9 Å². The first-order valence-electron chi connectivity index (χ1n) is 7.90. The van der Waals surface area contributed by atoms with E-state index in [0.29, 0.717) is 10.6 Å². The number of hydrogen-bond acceptors (Lipinski definition) is 5. The van der Waals surface area contributed by atoms with E-state index >= 15 is 0 Å². The van der Waals surface area contributed by atoms with Gasteiger partial charge in [0.1, 0.15) is 16.3 Å². The highest BCUT2D eigenvalue weighted by molar-refractivity contribution is 7.20. The van der Waals surface area contributed by atoms with Crippen LogP contribution in [0.15, 0.2) is 24.3 Å². The molecule has 3 aromatic rings. The molecule has 132 valence electrons. The van der Waals surface area contributed by atoms with Gasteiger partial charge in [0.15, 0.2) is 0 Å². The largest absolute Gasteiger partial charge is 0.497 e. The molecule has 0 spiro atoms. The summed E-state index contributed by atoms with van der Waals surface area (Å²) in [6.07, 6.45) is 0. The summed E-state index contributed by atoms with van der Waals surface area (Å²) in [5.41, 5.74) is 1.80. The lowest BCUT2D eigenvalue weighted by Gasteiger charge is -2.18. The summed E-state index contributed by atoms with van der Waals surface area (Å²) < 4.78 is 12.5. The molecule has 0 fully saturated rings. The van der Waals surface area contributed by atoms with Gasteiger partial charge in [-0.25, -0.2) is 0 Å². The summed E-state index contributed by atoms with van der Waals surface area (Å²) in [7, 11) is 5.11. The number of aryl methyl sites for hydroxylation is 2. The average molecular weight is 359 g/mol. The van der Waals surface area contributed by atoms with Gasteiger partial charge in [-0.1, -0.05) is 0 Å². The van der Waals surface area contributed by atoms with Crippen LogP contribution in [0, 0.1) is 6.92 Å². The zero-order valence-electron chi connectivity index (χ0n) is 14.9. The molecule has 6 nitrogen and oxygen atoms in total. The molecule has 1 N–H and O–H groups in total. The average Bonchev–Trinajstić information content (AvgIpc) is 3.16. The molecule has 0 aliphatic rings. The second-order valence-corrected chi connectivity index (χ2v) is 6.87. The molecule has 3 rings (SSSR count). The Bertz CT molecular complexity index is 895. The molecule has 0 bridgehead atoms. The van der Waals surface area contributed by atoms with E-state index in [1.165, 1.54) is 11.3 Å². The third-order valence-corrected chi connectivity index (χ3v) is 5.37. The number of nitrogens with one attached hydrogen (secondary N) is 1. The number of thiophene rings is 1. The van der Waals surface area contributed by atoms with Crippen molar-refractivity contribution in [2.75, 3.05) is 14.2 Å². The highest BCUT2D eigenvalue weighted by Crippen LogP contribution is 2.31. The van der Waals surface area contributed by atoms with Crippen molar-refractivity contribution < 1.29 is 14.3 Å². The fraction of sp³-hybridized carbons (Fsp3) is 0.333. The minimum atomic E-state index is -0.220. The van der Waals surface area contributed by atoms with E-state index in [1.54, 1.807) is 18.9 Å². The molecule has 1 amide bonds. The molecular weight excluding hydrogens is 338 g/mol. The van der Waals surface area contributed by atoms with Gasteiger partial charge in [-0.05, 0) is 38.1 Å². The molecule has 0 unspecified atom stereocenters. The van der Waals surface area contributed by atoms with E-state index in [2.05, 4.69) is 10.4 Å². The molecule has 0 saturated carbocycles. The van der Waals surface area contributed by atoms with Crippen molar-refractivity contribution in [3.05, 3.63) is 40.4 Å². The van der Waals surface area contributed by atoms with Crippen molar-refractivity contribution in [2.45, 2.75) is 19.9 Å². The van der Waals surface area contributed by atoms with Crippen molar-refractivity contribution in [2.24, 2.45) is 7.05 Å². The van der Waals surface area contributed by atoms with Gasteiger partial charge in [-0.15, -0.1) is 11.3 Å². The lowest BCUT2D eigenvalue weighted by molar-refractivity contribution is 0.0943. The first-order chi connectivity index (χ1) is 11.9. The lowest BCUT2D eigenvalue weighted by atomic mass is 10.1. The van der Waals surface area contributed by atoms with E-state index in [9.17, 15) is 4.79 Å². The van der Waals surface area contributed by atoms with Crippen LogP contribution >= 0.6 is 11.3 Å².